The Kier molecular flexibility index (Phi) is 5.54. The highest BCUT2D eigenvalue weighted by Gasteiger charge is 2.37. The molecule has 6 nitrogen and oxygen atoms in total. The molecule has 2 aromatic carbocycles. The number of sulfonamides is 1. The maximum atomic E-state index is 13.2. The Labute approximate surface area is 181 Å². The molecule has 1 aliphatic carbocycles. The van der Waals surface area contributed by atoms with Gasteiger partial charge >= 0.3 is 0 Å². The Hall–Kier alpha value is -2.10. The summed E-state index contributed by atoms with van der Waals surface area (Å²) in [6, 6.07) is 12.6. The highest BCUT2D eigenvalue weighted by Crippen LogP contribution is 2.30. The first-order chi connectivity index (χ1) is 13.9. The van der Waals surface area contributed by atoms with E-state index in [-0.39, 0.29) is 27.6 Å². The van der Waals surface area contributed by atoms with E-state index in [1.54, 1.807) is 48.2 Å². The van der Waals surface area contributed by atoms with Crippen molar-refractivity contribution in [1.82, 2.24) is 9.62 Å². The molecule has 0 atom stereocenters. The summed E-state index contributed by atoms with van der Waals surface area (Å²) in [5.41, 5.74) is 0.469. The molecular weight excluding hydrogens is 476 g/mol. The van der Waals surface area contributed by atoms with E-state index in [2.05, 4.69) is 20.7 Å². The molecule has 1 heterocycles. The Morgan fingerprint density at radius 3 is 2.10 bits per heavy atom. The molecule has 0 radical (unpaired) electrons. The van der Waals surface area contributed by atoms with Gasteiger partial charge in [-0.25, -0.2) is 8.42 Å². The van der Waals surface area contributed by atoms with E-state index in [1.807, 2.05) is 4.90 Å². The van der Waals surface area contributed by atoms with Gasteiger partial charge in [-0.1, -0.05) is 40.2 Å². The number of benzene rings is 2. The Balaban J connectivity index is 1.82. The molecule has 0 bridgehead atoms. The van der Waals surface area contributed by atoms with Crippen LogP contribution in [0.5, 0.6) is 0 Å². The fraction of sp³-hybridized carbons (Fsp3) is 0.200. The van der Waals surface area contributed by atoms with Gasteiger partial charge in [-0.2, -0.15) is 11.8 Å². The monoisotopic (exact) mass is 492 g/mol. The molecule has 0 aromatic heterocycles. The molecular formula is C20H17BrN2O4S2. The van der Waals surface area contributed by atoms with Crippen LogP contribution in [0, 0.1) is 0 Å². The Bertz CT molecular complexity index is 1120. The zero-order valence-corrected chi connectivity index (χ0v) is 18.4. The van der Waals surface area contributed by atoms with Crippen molar-refractivity contribution in [3.8, 4) is 0 Å². The van der Waals surface area contributed by atoms with Crippen molar-refractivity contribution in [2.75, 3.05) is 24.6 Å². The third-order valence-electron chi connectivity index (χ3n) is 4.78. The van der Waals surface area contributed by atoms with Gasteiger partial charge in [0.05, 0.1) is 4.90 Å². The summed E-state index contributed by atoms with van der Waals surface area (Å²) in [5, 5.41) is 0. The molecule has 150 valence electrons. The molecule has 0 spiro atoms. The van der Waals surface area contributed by atoms with Crippen molar-refractivity contribution >= 4 is 49.3 Å². The van der Waals surface area contributed by atoms with E-state index in [0.717, 1.165) is 16.0 Å². The summed E-state index contributed by atoms with van der Waals surface area (Å²) in [6.07, 6.45) is 0. The lowest BCUT2D eigenvalue weighted by Crippen LogP contribution is -2.43. The van der Waals surface area contributed by atoms with E-state index in [4.69, 9.17) is 0 Å². The first-order valence-corrected chi connectivity index (χ1v) is 12.4. The van der Waals surface area contributed by atoms with Gasteiger partial charge in [-0.3, -0.25) is 14.3 Å². The summed E-state index contributed by atoms with van der Waals surface area (Å²) >= 11 is 5.04. The minimum atomic E-state index is -4.04. The fourth-order valence-electron chi connectivity index (χ4n) is 3.35. The zero-order chi connectivity index (χ0) is 20.6. The van der Waals surface area contributed by atoms with Crippen molar-refractivity contribution in [3.63, 3.8) is 0 Å². The molecule has 29 heavy (non-hydrogen) atoms. The lowest BCUT2D eigenvalue weighted by molar-refractivity contribution is 0.0940. The van der Waals surface area contributed by atoms with Gasteiger partial charge in [0.2, 0.25) is 11.6 Å². The third-order valence-corrected chi connectivity index (χ3v) is 7.62. The molecule has 2 aliphatic rings. The van der Waals surface area contributed by atoms with Gasteiger partial charge in [0, 0.05) is 40.2 Å². The number of allylic oxidation sites excluding steroid dienone is 2. The standard InChI is InChI=1S/C20H17BrN2O4S2/c21-13-5-7-14(8-6-13)29(26,27)22-17-18(23-9-11-28-12-10-23)20(25)16-4-2-1-3-15(16)19(17)24/h1-8,22H,9-12H2. The molecule has 1 aliphatic heterocycles. The number of halogens is 1. The van der Waals surface area contributed by atoms with Gasteiger partial charge in [0.25, 0.3) is 10.0 Å². The second-order valence-electron chi connectivity index (χ2n) is 6.59. The third kappa shape index (κ3) is 3.86. The average molecular weight is 493 g/mol. The topological polar surface area (TPSA) is 83.6 Å². The molecule has 0 saturated carbocycles. The first-order valence-electron chi connectivity index (χ1n) is 8.92. The second kappa shape index (κ2) is 7.97. The minimum absolute atomic E-state index is 0.0147. The average Bonchev–Trinajstić information content (AvgIpc) is 2.73. The first kappa shape index (κ1) is 20.2. The smallest absolute Gasteiger partial charge is 0.262 e. The highest BCUT2D eigenvalue weighted by atomic mass is 79.9. The molecule has 9 heteroatoms. The summed E-state index contributed by atoms with van der Waals surface area (Å²) in [7, 11) is -4.04. The minimum Gasteiger partial charge on any atom is -0.365 e. The van der Waals surface area contributed by atoms with Crippen molar-refractivity contribution < 1.29 is 18.0 Å². The summed E-state index contributed by atoms with van der Waals surface area (Å²) in [6.45, 7) is 1.15. The SMILES string of the molecule is O=C1C(NS(=O)(=O)c2ccc(Br)cc2)=C(N2CCSCC2)C(=O)c2ccccc21. The number of nitrogens with zero attached hydrogens (tertiary/aromatic N) is 1. The second-order valence-corrected chi connectivity index (χ2v) is 10.4. The number of carbonyl (C=O) groups is 2. The van der Waals surface area contributed by atoms with Crippen LogP contribution in [0.25, 0.3) is 0 Å². The van der Waals surface area contributed by atoms with Gasteiger partial charge in [-0.05, 0) is 24.3 Å². The van der Waals surface area contributed by atoms with Crippen molar-refractivity contribution in [2.45, 2.75) is 4.90 Å². The lowest BCUT2D eigenvalue weighted by Gasteiger charge is -2.33. The molecule has 2 aromatic rings. The fourth-order valence-corrected chi connectivity index (χ4v) is 5.59. The quantitative estimate of drug-likeness (QED) is 0.705. The highest BCUT2D eigenvalue weighted by molar-refractivity contribution is 9.10. The summed E-state index contributed by atoms with van der Waals surface area (Å²) in [5.74, 6) is 0.786. The lowest BCUT2D eigenvalue weighted by atomic mass is 9.90. The molecule has 0 unspecified atom stereocenters. The maximum absolute atomic E-state index is 13.2. The predicted molar refractivity (Wildman–Crippen MR) is 115 cm³/mol. The number of carbonyl (C=O) groups excluding carboxylic acids is 2. The van der Waals surface area contributed by atoms with Crippen molar-refractivity contribution in [3.05, 3.63) is 75.5 Å². The van der Waals surface area contributed by atoms with Gasteiger partial charge in [0.1, 0.15) is 11.4 Å². The number of fused-ring (bicyclic) bond motifs is 1. The number of nitrogens with one attached hydrogen (secondary N) is 1. The number of rotatable bonds is 4. The number of hydrogen-bond donors (Lipinski definition) is 1. The van der Waals surface area contributed by atoms with E-state index >= 15 is 0 Å². The number of hydrogen-bond acceptors (Lipinski definition) is 6. The van der Waals surface area contributed by atoms with Crippen molar-refractivity contribution in [2.24, 2.45) is 0 Å². The van der Waals surface area contributed by atoms with Gasteiger partial charge in [0.15, 0.2) is 0 Å². The summed E-state index contributed by atoms with van der Waals surface area (Å²) in [4.78, 5) is 28.3. The van der Waals surface area contributed by atoms with Crippen LogP contribution in [-0.4, -0.2) is 49.5 Å². The number of Topliss-reactive ketones (excluding diaryl/α,β-unsaturated/α-hetero) is 2. The van der Waals surface area contributed by atoms with Gasteiger partial charge in [-0.15, -0.1) is 0 Å². The van der Waals surface area contributed by atoms with Crippen LogP contribution in [0.4, 0.5) is 0 Å². The maximum Gasteiger partial charge on any atom is 0.262 e. The molecule has 1 fully saturated rings. The normalized spacial score (nSPS) is 17.3. The largest absolute Gasteiger partial charge is 0.365 e. The van der Waals surface area contributed by atoms with Crippen LogP contribution in [-0.2, 0) is 10.0 Å². The van der Waals surface area contributed by atoms with Crippen LogP contribution in [0.3, 0.4) is 0 Å². The Morgan fingerprint density at radius 2 is 1.48 bits per heavy atom. The number of thioether (sulfide) groups is 1. The predicted octanol–water partition coefficient (Wildman–Crippen LogP) is 3.07. The van der Waals surface area contributed by atoms with E-state index in [0.29, 0.717) is 18.7 Å². The van der Waals surface area contributed by atoms with Gasteiger partial charge < -0.3 is 4.90 Å². The molecule has 1 N–H and O–H groups in total. The van der Waals surface area contributed by atoms with Crippen LogP contribution >= 0.6 is 27.7 Å². The van der Waals surface area contributed by atoms with E-state index < -0.39 is 15.8 Å². The van der Waals surface area contributed by atoms with Crippen LogP contribution < -0.4 is 4.72 Å². The Morgan fingerprint density at radius 1 is 0.897 bits per heavy atom. The van der Waals surface area contributed by atoms with Crippen LogP contribution in [0.1, 0.15) is 20.7 Å². The molecule has 1 saturated heterocycles. The van der Waals surface area contributed by atoms with E-state index in [1.165, 1.54) is 12.1 Å². The van der Waals surface area contributed by atoms with Crippen LogP contribution in [0.15, 0.2) is 69.3 Å². The zero-order valence-electron chi connectivity index (χ0n) is 15.2. The molecule has 0 amide bonds. The number of ketones is 2. The van der Waals surface area contributed by atoms with Crippen LogP contribution in [0.2, 0.25) is 0 Å². The molecule has 4 rings (SSSR count). The van der Waals surface area contributed by atoms with E-state index in [9.17, 15) is 18.0 Å². The summed E-state index contributed by atoms with van der Waals surface area (Å²) < 4.78 is 29.1. The van der Waals surface area contributed by atoms with Crippen molar-refractivity contribution in [1.29, 1.82) is 0 Å².